The third-order valence-electron chi connectivity index (χ3n) is 3.99. The first-order valence-corrected chi connectivity index (χ1v) is 9.63. The van der Waals surface area contributed by atoms with Crippen LogP contribution in [0.4, 0.5) is 5.82 Å². The number of nitrogens with one attached hydrogen (secondary N) is 1. The summed E-state index contributed by atoms with van der Waals surface area (Å²) in [6.45, 7) is 6.71. The Morgan fingerprint density at radius 2 is 1.76 bits per heavy atom. The molecule has 4 rings (SSSR count). The molecule has 29 heavy (non-hydrogen) atoms. The van der Waals surface area contributed by atoms with Crippen LogP contribution in [-0.4, -0.2) is 31.5 Å². The molecule has 0 fully saturated rings. The van der Waals surface area contributed by atoms with Crippen LogP contribution in [0.5, 0.6) is 11.6 Å². The third-order valence-corrected chi connectivity index (χ3v) is 3.99. The minimum absolute atomic E-state index is 0.580. The van der Waals surface area contributed by atoms with E-state index in [2.05, 4.69) is 36.3 Å². The zero-order valence-electron chi connectivity index (χ0n) is 16.8. The average Bonchev–Trinajstić information content (AvgIpc) is 2.76. The zero-order chi connectivity index (χ0) is 20.5. The van der Waals surface area contributed by atoms with E-state index in [1.165, 1.54) is 6.33 Å². The Balaban J connectivity index is 0.00000117. The number of benzene rings is 1. The first-order chi connectivity index (χ1) is 14.3. The lowest BCUT2D eigenvalue weighted by Crippen LogP contribution is -2.08. The lowest BCUT2D eigenvalue weighted by Gasteiger charge is -2.09. The van der Waals surface area contributed by atoms with Crippen LogP contribution in [0.3, 0.4) is 0 Å². The second kappa shape index (κ2) is 10.1. The maximum absolute atomic E-state index is 5.85. The monoisotopic (exact) mass is 388 g/mol. The molecule has 148 valence electrons. The van der Waals surface area contributed by atoms with Crippen LogP contribution in [0.2, 0.25) is 0 Å². The summed E-state index contributed by atoms with van der Waals surface area (Å²) in [6.07, 6.45) is 7.30. The highest BCUT2D eigenvalue weighted by Crippen LogP contribution is 2.21. The van der Waals surface area contributed by atoms with Crippen molar-refractivity contribution >= 4 is 17.0 Å². The molecule has 0 aliphatic heterocycles. The van der Waals surface area contributed by atoms with Gasteiger partial charge in [-0.3, -0.25) is 0 Å². The van der Waals surface area contributed by atoms with Gasteiger partial charge in [0.15, 0.2) is 11.5 Å². The van der Waals surface area contributed by atoms with Gasteiger partial charge in [-0.15, -0.1) is 0 Å². The molecule has 3 aromatic heterocycles. The van der Waals surface area contributed by atoms with E-state index in [0.29, 0.717) is 29.4 Å². The second-order valence-electron chi connectivity index (χ2n) is 6.05. The summed E-state index contributed by atoms with van der Waals surface area (Å²) in [7, 11) is 0. The zero-order valence-corrected chi connectivity index (χ0v) is 16.8. The number of pyridine rings is 1. The van der Waals surface area contributed by atoms with Crippen LogP contribution >= 0.6 is 0 Å². The largest absolute Gasteiger partial charge is 0.439 e. The Kier molecular flexibility index (Phi) is 7.00. The maximum atomic E-state index is 5.85. The van der Waals surface area contributed by atoms with Gasteiger partial charge in [0.2, 0.25) is 5.88 Å². The SMILES string of the molecule is CC.Cc1ccnc(Oc2cccc(CCNc3ncnc4nccnc34)c2)c1. The molecule has 0 aliphatic rings. The summed E-state index contributed by atoms with van der Waals surface area (Å²) in [5.41, 5.74) is 3.51. The van der Waals surface area contributed by atoms with Crippen molar-refractivity contribution < 1.29 is 4.74 Å². The number of fused-ring (bicyclic) bond motifs is 1. The number of hydrogen-bond donors (Lipinski definition) is 1. The predicted molar refractivity (Wildman–Crippen MR) is 114 cm³/mol. The highest BCUT2D eigenvalue weighted by molar-refractivity contribution is 5.81. The lowest BCUT2D eigenvalue weighted by molar-refractivity contribution is 0.462. The van der Waals surface area contributed by atoms with Crippen molar-refractivity contribution in [2.75, 3.05) is 11.9 Å². The third kappa shape index (κ3) is 5.44. The van der Waals surface area contributed by atoms with Gasteiger partial charge in [0, 0.05) is 31.2 Å². The quantitative estimate of drug-likeness (QED) is 0.517. The van der Waals surface area contributed by atoms with E-state index in [0.717, 1.165) is 23.3 Å². The Hall–Kier alpha value is -3.61. The van der Waals surface area contributed by atoms with Gasteiger partial charge in [-0.05, 0) is 42.7 Å². The molecule has 7 nitrogen and oxygen atoms in total. The number of anilines is 1. The normalized spacial score (nSPS) is 10.2. The van der Waals surface area contributed by atoms with Crippen LogP contribution in [0.25, 0.3) is 11.2 Å². The van der Waals surface area contributed by atoms with Gasteiger partial charge in [0.25, 0.3) is 0 Å². The van der Waals surface area contributed by atoms with Gasteiger partial charge >= 0.3 is 0 Å². The summed E-state index contributed by atoms with van der Waals surface area (Å²) in [5.74, 6) is 2.05. The molecule has 0 unspecified atom stereocenters. The minimum atomic E-state index is 0.580. The molecule has 1 N–H and O–H groups in total. The lowest BCUT2D eigenvalue weighted by atomic mass is 10.1. The van der Waals surface area contributed by atoms with Crippen molar-refractivity contribution in [2.45, 2.75) is 27.2 Å². The van der Waals surface area contributed by atoms with Crippen LogP contribution in [0, 0.1) is 6.92 Å². The number of aryl methyl sites for hydroxylation is 1. The maximum Gasteiger partial charge on any atom is 0.219 e. The molecule has 3 heterocycles. The van der Waals surface area contributed by atoms with Crippen LogP contribution in [0.1, 0.15) is 25.0 Å². The summed E-state index contributed by atoms with van der Waals surface area (Å²) < 4.78 is 5.85. The molecule has 0 spiro atoms. The Labute approximate surface area is 170 Å². The predicted octanol–water partition coefficient (Wildman–Crippen LogP) is 4.60. The number of ether oxygens (including phenoxy) is 1. The first kappa shape index (κ1) is 20.1. The second-order valence-corrected chi connectivity index (χ2v) is 6.05. The summed E-state index contributed by atoms with van der Waals surface area (Å²) in [6, 6.07) is 11.8. The van der Waals surface area contributed by atoms with E-state index in [-0.39, 0.29) is 0 Å². The Bertz CT molecular complexity index is 1060. The number of hydrogen-bond acceptors (Lipinski definition) is 7. The highest BCUT2D eigenvalue weighted by Gasteiger charge is 2.05. The van der Waals surface area contributed by atoms with Crippen molar-refractivity contribution in [3.8, 4) is 11.6 Å². The van der Waals surface area contributed by atoms with E-state index in [1.54, 1.807) is 18.6 Å². The summed E-state index contributed by atoms with van der Waals surface area (Å²) >= 11 is 0. The molecule has 0 saturated carbocycles. The fourth-order valence-electron chi connectivity index (χ4n) is 2.70. The summed E-state index contributed by atoms with van der Waals surface area (Å²) in [5, 5.41) is 3.31. The molecule has 0 atom stereocenters. The smallest absolute Gasteiger partial charge is 0.219 e. The molecular formula is C22H24N6O. The Morgan fingerprint density at radius 3 is 2.62 bits per heavy atom. The average molecular weight is 388 g/mol. The van der Waals surface area contributed by atoms with Crippen LogP contribution in [-0.2, 0) is 6.42 Å². The van der Waals surface area contributed by atoms with Gasteiger partial charge < -0.3 is 10.1 Å². The van der Waals surface area contributed by atoms with E-state index in [1.807, 2.05) is 51.1 Å². The van der Waals surface area contributed by atoms with Crippen molar-refractivity contribution in [3.63, 3.8) is 0 Å². The molecule has 1 aromatic carbocycles. The number of nitrogens with zero attached hydrogens (tertiary/aromatic N) is 5. The first-order valence-electron chi connectivity index (χ1n) is 9.63. The van der Waals surface area contributed by atoms with E-state index in [9.17, 15) is 0 Å². The topological polar surface area (TPSA) is 85.7 Å². The van der Waals surface area contributed by atoms with Gasteiger partial charge in [0.05, 0.1) is 0 Å². The van der Waals surface area contributed by atoms with E-state index < -0.39 is 0 Å². The molecule has 7 heteroatoms. The van der Waals surface area contributed by atoms with Gasteiger partial charge in [0.1, 0.15) is 17.6 Å². The molecular weight excluding hydrogens is 364 g/mol. The fraction of sp³-hybridized carbons (Fsp3) is 0.227. The molecule has 0 amide bonds. The molecule has 0 aliphatic carbocycles. The van der Waals surface area contributed by atoms with E-state index in [4.69, 9.17) is 4.74 Å². The van der Waals surface area contributed by atoms with Crippen LogP contribution < -0.4 is 10.1 Å². The standard InChI is InChI=1S/C20H18N6O.C2H6/c1-14-5-7-21-17(11-14)27-16-4-2-3-15(12-16)6-8-23-19-18-20(26-13-25-19)24-10-9-22-18;1-2/h2-5,7,9-13H,6,8H2,1H3,(H,23,24,25,26);1-2H3. The molecule has 0 saturated heterocycles. The highest BCUT2D eigenvalue weighted by atomic mass is 16.5. The van der Waals surface area contributed by atoms with Crippen molar-refractivity contribution in [3.05, 3.63) is 72.4 Å². The van der Waals surface area contributed by atoms with Gasteiger partial charge in [-0.25, -0.2) is 24.9 Å². The molecule has 0 radical (unpaired) electrons. The number of aromatic nitrogens is 5. The summed E-state index contributed by atoms with van der Waals surface area (Å²) in [4.78, 5) is 21.1. The Morgan fingerprint density at radius 1 is 0.897 bits per heavy atom. The van der Waals surface area contributed by atoms with Crippen LogP contribution in [0.15, 0.2) is 61.3 Å². The van der Waals surface area contributed by atoms with E-state index >= 15 is 0 Å². The fourth-order valence-corrected chi connectivity index (χ4v) is 2.70. The minimum Gasteiger partial charge on any atom is -0.439 e. The van der Waals surface area contributed by atoms with Crippen molar-refractivity contribution in [2.24, 2.45) is 0 Å². The molecule has 4 aromatic rings. The number of rotatable bonds is 6. The van der Waals surface area contributed by atoms with Crippen molar-refractivity contribution in [1.29, 1.82) is 0 Å². The van der Waals surface area contributed by atoms with Gasteiger partial charge in [-0.1, -0.05) is 26.0 Å². The molecule has 0 bridgehead atoms. The van der Waals surface area contributed by atoms with Gasteiger partial charge in [-0.2, -0.15) is 0 Å². The van der Waals surface area contributed by atoms with Crippen molar-refractivity contribution in [1.82, 2.24) is 24.9 Å².